The van der Waals surface area contributed by atoms with Gasteiger partial charge in [-0.25, -0.2) is 14.8 Å². The van der Waals surface area contributed by atoms with Crippen LogP contribution >= 0.6 is 0 Å². The van der Waals surface area contributed by atoms with Crippen molar-refractivity contribution in [2.45, 2.75) is 52.4 Å². The maximum absolute atomic E-state index is 11.8. The highest BCUT2D eigenvalue weighted by Gasteiger charge is 2.32. The summed E-state index contributed by atoms with van der Waals surface area (Å²) in [5.74, 6) is 1.51. The van der Waals surface area contributed by atoms with E-state index in [1.807, 2.05) is 19.2 Å². The molecule has 0 aliphatic heterocycles. The van der Waals surface area contributed by atoms with Gasteiger partial charge in [0.15, 0.2) is 11.5 Å². The number of allylic oxidation sites excluding steroid dienone is 1. The first kappa shape index (κ1) is 22.0. The van der Waals surface area contributed by atoms with Gasteiger partial charge in [-0.15, -0.1) is 0 Å². The molecule has 2 aliphatic carbocycles. The van der Waals surface area contributed by atoms with Crippen LogP contribution in [0.3, 0.4) is 0 Å². The Kier molecular flexibility index (Phi) is 4.83. The number of benzene rings is 2. The lowest BCUT2D eigenvalue weighted by Crippen LogP contribution is -2.07. The fraction of sp³-hybridized carbons (Fsp3) is 0.267. The average Bonchev–Trinajstić information content (AvgIpc) is 3.57. The molecule has 7 heteroatoms. The summed E-state index contributed by atoms with van der Waals surface area (Å²) in [5, 5.41) is 4.01. The summed E-state index contributed by atoms with van der Waals surface area (Å²) >= 11 is 0. The maximum atomic E-state index is 11.8. The molecular weight excluding hydrogens is 462 g/mol. The van der Waals surface area contributed by atoms with Crippen molar-refractivity contribution in [3.8, 4) is 5.69 Å². The van der Waals surface area contributed by atoms with Crippen LogP contribution in [0.1, 0.15) is 70.7 Å². The zero-order valence-electron chi connectivity index (χ0n) is 21.1. The predicted molar refractivity (Wildman–Crippen MR) is 143 cm³/mol. The minimum absolute atomic E-state index is 0.459. The van der Waals surface area contributed by atoms with E-state index in [9.17, 15) is 4.79 Å². The third kappa shape index (κ3) is 3.41. The lowest BCUT2D eigenvalue weighted by molar-refractivity contribution is 0.385. The smallest absolute Gasteiger partial charge is 0.296 e. The van der Waals surface area contributed by atoms with Gasteiger partial charge in [-0.2, -0.15) is 0 Å². The van der Waals surface area contributed by atoms with Gasteiger partial charge in [0, 0.05) is 17.7 Å². The molecule has 2 aromatic carbocycles. The van der Waals surface area contributed by atoms with Gasteiger partial charge in [0.1, 0.15) is 11.3 Å². The Labute approximate surface area is 213 Å². The number of aromatic amines is 1. The predicted octanol–water partition coefficient (Wildman–Crippen LogP) is 5.67. The van der Waals surface area contributed by atoms with Crippen molar-refractivity contribution in [2.75, 3.05) is 0 Å². The van der Waals surface area contributed by atoms with E-state index in [-0.39, 0.29) is 0 Å². The van der Waals surface area contributed by atoms with Gasteiger partial charge in [0.05, 0.1) is 5.69 Å². The molecule has 0 bridgehead atoms. The number of hydrogen-bond acceptors (Lipinski definition) is 5. The second-order valence-electron chi connectivity index (χ2n) is 10.2. The van der Waals surface area contributed by atoms with Crippen molar-refractivity contribution >= 4 is 22.3 Å². The van der Waals surface area contributed by atoms with Crippen LogP contribution in [0, 0.1) is 13.8 Å². The van der Waals surface area contributed by atoms with Crippen molar-refractivity contribution in [3.05, 3.63) is 104 Å². The second kappa shape index (κ2) is 8.13. The molecule has 0 saturated heterocycles. The number of imidazole rings is 1. The molecule has 0 unspecified atom stereocenters. The number of fused-ring (bicyclic) bond motifs is 3. The van der Waals surface area contributed by atoms with Gasteiger partial charge >= 0.3 is 5.76 Å². The van der Waals surface area contributed by atoms with Crippen LogP contribution in [0.25, 0.3) is 28.0 Å². The number of aromatic nitrogens is 5. The van der Waals surface area contributed by atoms with E-state index in [4.69, 9.17) is 14.5 Å². The fourth-order valence-electron chi connectivity index (χ4n) is 5.81. The summed E-state index contributed by atoms with van der Waals surface area (Å²) in [6.45, 7) is 6.32. The van der Waals surface area contributed by atoms with E-state index in [0.717, 1.165) is 57.8 Å². The van der Waals surface area contributed by atoms with E-state index < -0.39 is 5.76 Å². The van der Waals surface area contributed by atoms with Gasteiger partial charge < -0.3 is 0 Å². The summed E-state index contributed by atoms with van der Waals surface area (Å²) in [5.41, 5.74) is 12.3. The topological polar surface area (TPSA) is 89.6 Å². The normalized spacial score (nSPS) is 16.4. The molecule has 0 spiro atoms. The lowest BCUT2D eigenvalue weighted by atomic mass is 9.88. The molecule has 0 atom stereocenters. The Morgan fingerprint density at radius 1 is 1.05 bits per heavy atom. The number of aryl methyl sites for hydroxylation is 2. The minimum Gasteiger partial charge on any atom is -0.296 e. The molecule has 1 fully saturated rings. The molecule has 0 radical (unpaired) electrons. The van der Waals surface area contributed by atoms with Gasteiger partial charge in [0.25, 0.3) is 0 Å². The zero-order chi connectivity index (χ0) is 25.3. The number of nitrogens with one attached hydrogen (secondary N) is 1. The molecule has 37 heavy (non-hydrogen) atoms. The van der Waals surface area contributed by atoms with Crippen molar-refractivity contribution in [1.82, 2.24) is 24.7 Å². The molecular formula is C30H27N5O2. The molecule has 184 valence electrons. The Hall–Kier alpha value is -4.26. The van der Waals surface area contributed by atoms with Crippen molar-refractivity contribution < 1.29 is 4.52 Å². The first-order valence-electron chi connectivity index (χ1n) is 12.8. The third-order valence-corrected chi connectivity index (χ3v) is 7.90. The highest BCUT2D eigenvalue weighted by atomic mass is 16.5. The maximum Gasteiger partial charge on any atom is 0.439 e. The minimum atomic E-state index is -0.550. The Balaban J connectivity index is 1.50. The SMILES string of the molecule is C/C(=C1/c2ccccc2CCc2c1ccc(-n1c(C3CC3)nc3c(C)ccnc31)c2C)c1noc(=O)[nH]1. The monoisotopic (exact) mass is 489 g/mol. The molecule has 3 aromatic heterocycles. The van der Waals surface area contributed by atoms with Crippen LogP contribution < -0.4 is 5.76 Å². The van der Waals surface area contributed by atoms with Crippen molar-refractivity contribution in [2.24, 2.45) is 0 Å². The molecule has 1 N–H and O–H groups in total. The highest BCUT2D eigenvalue weighted by Crippen LogP contribution is 2.44. The third-order valence-electron chi connectivity index (χ3n) is 7.90. The standard InChI is InChI=1S/C30H27N5O2/c1-16-14-15-31-29-26(16)32-28(20-8-9-20)35(29)24-13-12-23-21(17(24)2)11-10-19-6-4-5-7-22(19)25(23)18(3)27-33-30(36)37-34-27/h4-7,12-15,20H,8-11H2,1-3H3,(H,33,34,36)/b25-18+. The summed E-state index contributed by atoms with van der Waals surface area (Å²) in [7, 11) is 0. The molecule has 7 rings (SSSR count). The Morgan fingerprint density at radius 3 is 2.68 bits per heavy atom. The van der Waals surface area contributed by atoms with E-state index in [1.165, 1.54) is 35.1 Å². The molecule has 7 nitrogen and oxygen atoms in total. The summed E-state index contributed by atoms with van der Waals surface area (Å²) in [6, 6.07) is 15.0. The number of nitrogens with zero attached hydrogens (tertiary/aromatic N) is 4. The summed E-state index contributed by atoms with van der Waals surface area (Å²) in [4.78, 5) is 24.4. The van der Waals surface area contributed by atoms with Crippen molar-refractivity contribution in [1.29, 1.82) is 0 Å². The molecule has 3 heterocycles. The molecule has 2 aliphatic rings. The van der Waals surface area contributed by atoms with Crippen LogP contribution in [0.2, 0.25) is 0 Å². The molecule has 0 amide bonds. The number of hydrogen-bond donors (Lipinski definition) is 1. The van der Waals surface area contributed by atoms with Crippen LogP contribution in [0.15, 0.2) is 58.0 Å². The van der Waals surface area contributed by atoms with E-state index in [0.29, 0.717) is 11.7 Å². The number of rotatable bonds is 3. The van der Waals surface area contributed by atoms with E-state index >= 15 is 0 Å². The zero-order valence-corrected chi connectivity index (χ0v) is 21.1. The average molecular weight is 490 g/mol. The van der Waals surface area contributed by atoms with Gasteiger partial charge in [-0.1, -0.05) is 35.5 Å². The molecule has 5 aromatic rings. The Morgan fingerprint density at radius 2 is 1.89 bits per heavy atom. The van der Waals surface area contributed by atoms with E-state index in [1.54, 1.807) is 0 Å². The number of pyridine rings is 1. The lowest BCUT2D eigenvalue weighted by Gasteiger charge is -2.19. The van der Waals surface area contributed by atoms with Gasteiger partial charge in [-0.3, -0.25) is 14.1 Å². The van der Waals surface area contributed by atoms with Gasteiger partial charge in [0.2, 0.25) is 0 Å². The van der Waals surface area contributed by atoms with E-state index in [2.05, 4.69) is 65.0 Å². The van der Waals surface area contributed by atoms with Gasteiger partial charge in [-0.05, 0) is 97.5 Å². The second-order valence-corrected chi connectivity index (χ2v) is 10.2. The highest BCUT2D eigenvalue weighted by molar-refractivity contribution is 5.99. The van der Waals surface area contributed by atoms with Crippen LogP contribution in [0.4, 0.5) is 0 Å². The first-order valence-corrected chi connectivity index (χ1v) is 12.8. The van der Waals surface area contributed by atoms with Crippen LogP contribution in [-0.4, -0.2) is 24.7 Å². The number of H-pyrrole nitrogens is 1. The quantitative estimate of drug-likeness (QED) is 0.353. The fourth-order valence-corrected chi connectivity index (χ4v) is 5.81. The van der Waals surface area contributed by atoms with Crippen molar-refractivity contribution in [3.63, 3.8) is 0 Å². The first-order chi connectivity index (χ1) is 18.0. The Bertz CT molecular complexity index is 1800. The summed E-state index contributed by atoms with van der Waals surface area (Å²) < 4.78 is 7.15. The summed E-state index contributed by atoms with van der Waals surface area (Å²) in [6.07, 6.45) is 6.06. The molecule has 1 saturated carbocycles. The van der Waals surface area contributed by atoms with Crippen LogP contribution in [-0.2, 0) is 12.8 Å². The van der Waals surface area contributed by atoms with Crippen LogP contribution in [0.5, 0.6) is 0 Å². The largest absolute Gasteiger partial charge is 0.439 e.